The van der Waals surface area contributed by atoms with Gasteiger partial charge in [-0.2, -0.15) is 12.1 Å². The van der Waals surface area contributed by atoms with Gasteiger partial charge in [-0.1, -0.05) is 237 Å². The molecule has 0 bridgehead atoms. The third-order valence-corrected chi connectivity index (χ3v) is 17.3. The van der Waals surface area contributed by atoms with Crippen LogP contribution in [0.1, 0.15) is 101 Å². The first-order valence-corrected chi connectivity index (χ1v) is 29.3. The number of pyridine rings is 1. The van der Waals surface area contributed by atoms with Crippen LogP contribution < -0.4 is 14.5 Å². The van der Waals surface area contributed by atoms with Gasteiger partial charge in [0.15, 0.2) is 0 Å². The minimum atomic E-state index is -0.613. The van der Waals surface area contributed by atoms with Crippen LogP contribution in [0.25, 0.3) is 61.0 Å². The van der Waals surface area contributed by atoms with Crippen molar-refractivity contribution in [1.82, 2.24) is 9.55 Å². The Kier molecular flexibility index (Phi) is 13.7. The molecule has 422 valence electrons. The summed E-state index contributed by atoms with van der Waals surface area (Å²) >= 11 is 0. The average molecular weight is 1280 g/mol. The van der Waals surface area contributed by atoms with Crippen molar-refractivity contribution >= 4 is 44.6 Å². The Morgan fingerprint density at radius 3 is 1.64 bits per heavy atom. The molecule has 2 aliphatic rings. The average Bonchev–Trinajstić information content (AvgIpc) is 1.63. The maximum atomic E-state index is 7.22. The molecule has 3 heterocycles. The summed E-state index contributed by atoms with van der Waals surface area (Å²) < 4.78 is 9.49. The van der Waals surface area contributed by atoms with Gasteiger partial charge in [0, 0.05) is 72.5 Å². The fourth-order valence-electron chi connectivity index (χ4n) is 13.1. The van der Waals surface area contributed by atoms with E-state index in [9.17, 15) is 0 Å². The molecule has 85 heavy (non-hydrogen) atoms. The van der Waals surface area contributed by atoms with Crippen molar-refractivity contribution in [3.8, 4) is 50.7 Å². The van der Waals surface area contributed by atoms with Crippen LogP contribution in [0.4, 0.5) is 22.7 Å². The second-order valence-corrected chi connectivity index (χ2v) is 25.7. The van der Waals surface area contributed by atoms with E-state index in [-0.39, 0.29) is 37.3 Å². The number of anilines is 4. The topological polar surface area (TPSA) is 33.5 Å². The summed E-state index contributed by atoms with van der Waals surface area (Å²) in [5, 5.41) is 2.17. The first-order valence-electron chi connectivity index (χ1n) is 29.3. The van der Waals surface area contributed by atoms with Gasteiger partial charge < -0.3 is 19.1 Å². The molecule has 5 nitrogen and oxygen atoms in total. The quantitative estimate of drug-likeness (QED) is 0.135. The van der Waals surface area contributed by atoms with E-state index in [1.165, 1.54) is 38.9 Å². The Bertz CT molecular complexity index is 4400. The number of benzene rings is 10. The summed E-state index contributed by atoms with van der Waals surface area (Å²) in [5.74, 6) is 2.03. The molecule has 0 fully saturated rings. The fourth-order valence-corrected chi connectivity index (χ4v) is 13.1. The monoisotopic (exact) mass is 1280 g/mol. The molecule has 10 aromatic carbocycles. The zero-order chi connectivity index (χ0) is 57.7. The first-order chi connectivity index (χ1) is 40.6. The summed E-state index contributed by atoms with van der Waals surface area (Å²) in [4.78, 5) is 9.87. The number of hydrogen-bond donors (Lipinski definition) is 0. The van der Waals surface area contributed by atoms with Crippen molar-refractivity contribution in [1.29, 1.82) is 0 Å². The number of hydrogen-bond acceptors (Lipinski definition) is 4. The molecule has 0 amide bonds. The molecular formula is C79H67N4OPt-3. The number of aromatic nitrogens is 2. The molecule has 0 atom stereocenters. The summed E-state index contributed by atoms with van der Waals surface area (Å²) in [6, 6.07) is 91.7. The summed E-state index contributed by atoms with van der Waals surface area (Å²) in [6.07, 6.45) is 1.98. The maximum Gasteiger partial charge on any atom is 0.135 e. The fraction of sp³-hybridized carbons (Fsp3) is 0.165. The Hall–Kier alpha value is -8.76. The maximum absolute atomic E-state index is 7.22. The van der Waals surface area contributed by atoms with E-state index in [1.54, 1.807) is 0 Å². The van der Waals surface area contributed by atoms with Gasteiger partial charge in [0.25, 0.3) is 0 Å². The molecule has 2 aromatic heterocycles. The van der Waals surface area contributed by atoms with E-state index in [2.05, 4.69) is 326 Å². The second-order valence-electron chi connectivity index (χ2n) is 25.7. The Morgan fingerprint density at radius 2 is 1.02 bits per heavy atom. The number of nitrogens with zero attached hydrogens (tertiary/aromatic N) is 4. The van der Waals surface area contributed by atoms with E-state index in [1.807, 2.05) is 6.20 Å². The third kappa shape index (κ3) is 9.40. The normalized spacial score (nSPS) is 13.6. The van der Waals surface area contributed by atoms with Gasteiger partial charge in [-0.05, 0) is 114 Å². The molecule has 14 rings (SSSR count). The SMILES string of the molecule is CC(C)(C)c1ccc(C2(c3ccnc(-n4c5[c-]c(Oc6[c-]c(N7[CH-]N(c8c(-c9ccccc9)cc(C(C)(C)C)cc8-c8ccccc8)c8ccccc87)ccc6C(C)(C)C)ccc5c5ccccc54)c3)c3ccccc3-c3ccccc32)cc1.[Pt]. The predicted molar refractivity (Wildman–Crippen MR) is 349 cm³/mol. The largest absolute Gasteiger partial charge is 0.509 e. The van der Waals surface area contributed by atoms with Gasteiger partial charge in [0.05, 0.1) is 5.41 Å². The van der Waals surface area contributed by atoms with Crippen LogP contribution in [0.3, 0.4) is 0 Å². The smallest absolute Gasteiger partial charge is 0.135 e. The zero-order valence-electron chi connectivity index (χ0n) is 49.6. The van der Waals surface area contributed by atoms with Crippen molar-refractivity contribution in [3.63, 3.8) is 0 Å². The molecule has 0 saturated heterocycles. The van der Waals surface area contributed by atoms with E-state index >= 15 is 0 Å². The second kappa shape index (κ2) is 21.1. The molecule has 12 aromatic rings. The minimum absolute atomic E-state index is 0. The van der Waals surface area contributed by atoms with E-state index in [0.29, 0.717) is 11.5 Å². The molecule has 0 radical (unpaired) electrons. The molecule has 1 aliphatic carbocycles. The van der Waals surface area contributed by atoms with Crippen molar-refractivity contribution in [2.45, 2.75) is 84.0 Å². The van der Waals surface area contributed by atoms with E-state index in [4.69, 9.17) is 9.72 Å². The van der Waals surface area contributed by atoms with Crippen LogP contribution in [0.15, 0.2) is 237 Å². The van der Waals surface area contributed by atoms with Crippen molar-refractivity contribution in [2.24, 2.45) is 0 Å². The van der Waals surface area contributed by atoms with E-state index < -0.39 is 5.41 Å². The molecule has 0 N–H and O–H groups in total. The Balaban J connectivity index is 0.00000672. The third-order valence-electron chi connectivity index (χ3n) is 17.3. The molecular weight excluding hydrogens is 1220 g/mol. The number of para-hydroxylation sites is 3. The summed E-state index contributed by atoms with van der Waals surface area (Å²) in [5.41, 5.74) is 20.6. The van der Waals surface area contributed by atoms with Gasteiger partial charge in [-0.15, -0.1) is 47.6 Å². The van der Waals surface area contributed by atoms with Crippen molar-refractivity contribution < 1.29 is 25.8 Å². The predicted octanol–water partition coefficient (Wildman–Crippen LogP) is 20.6. The van der Waals surface area contributed by atoms with Crippen LogP contribution in [-0.4, -0.2) is 9.55 Å². The number of rotatable bonds is 9. The minimum Gasteiger partial charge on any atom is -0.509 e. The summed E-state index contributed by atoms with van der Waals surface area (Å²) in [6.45, 7) is 22.7. The van der Waals surface area contributed by atoms with Gasteiger partial charge in [-0.3, -0.25) is 0 Å². The summed E-state index contributed by atoms with van der Waals surface area (Å²) in [7, 11) is 0. The van der Waals surface area contributed by atoms with Gasteiger partial charge in [-0.25, -0.2) is 4.98 Å². The molecule has 1 aliphatic heterocycles. The number of fused-ring (bicyclic) bond motifs is 7. The van der Waals surface area contributed by atoms with Crippen LogP contribution in [-0.2, 0) is 42.7 Å². The van der Waals surface area contributed by atoms with E-state index in [0.717, 1.165) is 83.8 Å². The molecule has 0 saturated carbocycles. The molecule has 0 unspecified atom stereocenters. The van der Waals surface area contributed by atoms with Crippen LogP contribution in [0, 0.1) is 18.8 Å². The zero-order valence-corrected chi connectivity index (χ0v) is 51.9. The Morgan fingerprint density at radius 1 is 0.459 bits per heavy atom. The molecule has 6 heteroatoms. The standard InChI is InChI=1S/C79H67N4O.Pt/c1-76(2,3)54-36-38-55(39-37-54)79(66-31-19-16-28-60(66)61-29-17-20-32-67(61)79)56-44-45-80-74(48-56)83-69-33-21-18-30-62(69)63-42-41-59(50-72(63)83)84-73-49-58(40-43-68(73)78(7,8)9)81-51-82(71-35-23-22-34-70(71)81)75-64(52-24-12-10-13-25-52)46-57(77(4,5)6)47-65(75)53-26-14-11-15-27-53;/h10-48,51H,1-9H3;/q-3;. The first kappa shape index (κ1) is 55.4. The number of ether oxygens (including phenoxy) is 1. The van der Waals surface area contributed by atoms with Crippen LogP contribution in [0.5, 0.6) is 11.5 Å². The Labute approximate surface area is 515 Å². The van der Waals surface area contributed by atoms with Crippen LogP contribution >= 0.6 is 0 Å². The van der Waals surface area contributed by atoms with Gasteiger partial charge >= 0.3 is 0 Å². The van der Waals surface area contributed by atoms with Gasteiger partial charge in [0.1, 0.15) is 5.82 Å². The van der Waals surface area contributed by atoms with Crippen molar-refractivity contribution in [3.05, 3.63) is 294 Å². The van der Waals surface area contributed by atoms with Crippen molar-refractivity contribution in [2.75, 3.05) is 9.80 Å². The molecule has 0 spiro atoms. The van der Waals surface area contributed by atoms with Gasteiger partial charge in [0.2, 0.25) is 0 Å². The van der Waals surface area contributed by atoms with Crippen LogP contribution in [0.2, 0.25) is 0 Å².